The smallest absolute Gasteiger partial charge is 0.245 e. The molecule has 1 heterocycles. The standard InChI is InChI=1S/C39H61N11O12S2/c1-6-19(4)31-38(61)50-32(20(5)51)39(62)47-26(13-28(41)53)36(59)48-27(35(58)44-15-30(55)45-24(11-18(2)3)34(57)43-14-29(42)54)17-64-63-16-23(40)33(56)46-25(37(60)49-31)12-21-7-9-22(52)10-8-21/h7-10,18-20,23-27,31-32,51-52H,6,11-17,40H2,1-5H3,(H2,41,53)(H2,42,54)(H,43,57)(H,44,58)(H,45,55)(H,46,56)(H,47,62)(H,48,59)(H,49,60)(H,50,61)/t19-,20+,23+,24-,25-,26-,27-,31-,32-/m0/s1. The van der Waals surface area contributed by atoms with Crippen LogP contribution in [0.5, 0.6) is 5.75 Å². The van der Waals surface area contributed by atoms with Gasteiger partial charge in [-0.2, -0.15) is 0 Å². The molecule has 1 saturated heterocycles. The van der Waals surface area contributed by atoms with E-state index in [9.17, 15) is 58.2 Å². The van der Waals surface area contributed by atoms with E-state index in [1.54, 1.807) is 27.7 Å². The van der Waals surface area contributed by atoms with Crippen LogP contribution in [0.15, 0.2) is 24.3 Å². The van der Waals surface area contributed by atoms with Gasteiger partial charge in [0, 0.05) is 17.9 Å². The summed E-state index contributed by atoms with van der Waals surface area (Å²) >= 11 is 0. The van der Waals surface area contributed by atoms with Gasteiger partial charge < -0.3 is 69.9 Å². The van der Waals surface area contributed by atoms with Crippen molar-refractivity contribution in [1.29, 1.82) is 0 Å². The lowest BCUT2D eigenvalue weighted by molar-refractivity contribution is -0.138. The highest BCUT2D eigenvalue weighted by Crippen LogP contribution is 2.23. The largest absolute Gasteiger partial charge is 0.508 e. The zero-order valence-corrected chi connectivity index (χ0v) is 37.9. The maximum Gasteiger partial charge on any atom is 0.245 e. The average molecular weight is 940 g/mol. The first kappa shape index (κ1) is 54.5. The van der Waals surface area contributed by atoms with E-state index in [0.717, 1.165) is 21.6 Å². The van der Waals surface area contributed by atoms with Gasteiger partial charge in [-0.3, -0.25) is 47.9 Å². The Bertz CT molecular complexity index is 1840. The van der Waals surface area contributed by atoms with Crippen LogP contribution >= 0.6 is 21.6 Å². The number of phenolic OH excluding ortho intramolecular Hbond substituents is 1. The number of aliphatic hydroxyl groups excluding tert-OH is 1. The van der Waals surface area contributed by atoms with Gasteiger partial charge in [0.05, 0.1) is 31.7 Å². The van der Waals surface area contributed by atoms with E-state index < -0.39 is 133 Å². The number of aliphatic hydroxyl groups is 1. The number of phenols is 1. The summed E-state index contributed by atoms with van der Waals surface area (Å²) in [6.45, 7) is 6.94. The number of carbonyl (C=O) groups excluding carboxylic acids is 10. The predicted octanol–water partition coefficient (Wildman–Crippen LogP) is -4.37. The van der Waals surface area contributed by atoms with E-state index in [2.05, 4.69) is 42.5 Å². The van der Waals surface area contributed by atoms with Crippen molar-refractivity contribution in [3.05, 3.63) is 29.8 Å². The van der Waals surface area contributed by atoms with Gasteiger partial charge in [0.1, 0.15) is 42.0 Å². The van der Waals surface area contributed by atoms with Gasteiger partial charge in [-0.1, -0.05) is 67.8 Å². The fourth-order valence-corrected chi connectivity index (χ4v) is 8.22. The lowest BCUT2D eigenvalue weighted by atomic mass is 9.96. The summed E-state index contributed by atoms with van der Waals surface area (Å²) in [5.41, 5.74) is 17.3. The van der Waals surface area contributed by atoms with Crippen LogP contribution in [0.3, 0.4) is 0 Å². The van der Waals surface area contributed by atoms with Crippen LogP contribution in [0.1, 0.15) is 59.4 Å². The second-order valence-corrected chi connectivity index (χ2v) is 18.2. The number of nitrogens with one attached hydrogen (secondary N) is 8. The first-order chi connectivity index (χ1) is 30.0. The Morgan fingerprint density at radius 2 is 1.33 bits per heavy atom. The van der Waals surface area contributed by atoms with Crippen LogP contribution in [0.25, 0.3) is 0 Å². The van der Waals surface area contributed by atoms with E-state index in [1.165, 1.54) is 31.2 Å². The molecule has 0 spiro atoms. The molecule has 356 valence electrons. The predicted molar refractivity (Wildman–Crippen MR) is 236 cm³/mol. The monoisotopic (exact) mass is 939 g/mol. The Hall–Kier alpha value is -5.66. The lowest BCUT2D eigenvalue weighted by Crippen LogP contribution is -2.63. The van der Waals surface area contributed by atoms with Crippen molar-refractivity contribution >= 4 is 80.7 Å². The number of primary amides is 2. The van der Waals surface area contributed by atoms with Crippen molar-refractivity contribution in [3.63, 3.8) is 0 Å². The first-order valence-corrected chi connectivity index (χ1v) is 22.9. The molecule has 0 unspecified atom stereocenters. The Morgan fingerprint density at radius 3 is 1.91 bits per heavy atom. The van der Waals surface area contributed by atoms with Gasteiger partial charge in [0.2, 0.25) is 59.1 Å². The average Bonchev–Trinajstić information content (AvgIpc) is 3.22. The molecule has 25 heteroatoms. The van der Waals surface area contributed by atoms with Crippen LogP contribution in [0, 0.1) is 11.8 Å². The van der Waals surface area contributed by atoms with Gasteiger partial charge in [0.25, 0.3) is 0 Å². The van der Waals surface area contributed by atoms with Crippen LogP contribution in [0.2, 0.25) is 0 Å². The topological polar surface area (TPSA) is 385 Å². The molecule has 64 heavy (non-hydrogen) atoms. The van der Waals surface area contributed by atoms with Gasteiger partial charge >= 0.3 is 0 Å². The van der Waals surface area contributed by atoms with Crippen LogP contribution in [-0.2, 0) is 54.4 Å². The highest BCUT2D eigenvalue weighted by atomic mass is 33.1. The summed E-state index contributed by atoms with van der Waals surface area (Å²) in [7, 11) is 1.97. The number of hydrogen-bond donors (Lipinski definition) is 13. The first-order valence-electron chi connectivity index (χ1n) is 20.4. The second-order valence-electron chi connectivity index (χ2n) is 15.7. The zero-order valence-electron chi connectivity index (χ0n) is 36.3. The molecule has 1 fully saturated rings. The normalized spacial score (nSPS) is 23.3. The molecule has 10 amide bonds. The van der Waals surface area contributed by atoms with Crippen LogP contribution < -0.4 is 59.7 Å². The molecular formula is C39H61N11O12S2. The summed E-state index contributed by atoms with van der Waals surface area (Å²) in [5, 5.41) is 40.0. The van der Waals surface area contributed by atoms with Gasteiger partial charge in [-0.15, -0.1) is 0 Å². The minimum absolute atomic E-state index is 0.0446. The van der Waals surface area contributed by atoms with Crippen LogP contribution in [0.4, 0.5) is 0 Å². The summed E-state index contributed by atoms with van der Waals surface area (Å²) < 4.78 is 0. The molecule has 9 atom stereocenters. The van der Waals surface area contributed by atoms with Crippen molar-refractivity contribution in [2.75, 3.05) is 24.6 Å². The summed E-state index contributed by atoms with van der Waals surface area (Å²) in [6, 6.07) is -4.16. The number of nitrogens with two attached hydrogens (primary N) is 3. The summed E-state index contributed by atoms with van der Waals surface area (Å²) in [4.78, 5) is 131. The van der Waals surface area contributed by atoms with Gasteiger partial charge in [-0.25, -0.2) is 0 Å². The SMILES string of the molecule is CC[C@H](C)[C@@H]1NC(=O)[C@H](Cc2ccc(O)cc2)NC(=O)[C@H](N)CSSC[C@@H](C(=O)NCC(=O)N[C@@H](CC(C)C)C(=O)NCC(N)=O)NC(=O)[C@H](CC(N)=O)NC(=O)[C@H]([C@@H](C)O)NC1=O. The van der Waals surface area contributed by atoms with Gasteiger partial charge in [0.15, 0.2) is 0 Å². The molecule has 0 radical (unpaired) electrons. The molecule has 1 aromatic rings. The molecule has 1 aliphatic rings. The minimum Gasteiger partial charge on any atom is -0.508 e. The third-order valence-corrected chi connectivity index (χ3v) is 12.1. The number of carbonyl (C=O) groups is 10. The molecule has 2 rings (SSSR count). The summed E-state index contributed by atoms with van der Waals surface area (Å²) in [5.74, 6) is -10.1. The minimum atomic E-state index is -1.77. The third-order valence-electron chi connectivity index (χ3n) is 9.66. The molecule has 1 aromatic carbocycles. The van der Waals surface area contributed by atoms with E-state index in [0.29, 0.717) is 12.0 Å². The molecule has 16 N–H and O–H groups in total. The number of benzene rings is 1. The number of rotatable bonds is 16. The van der Waals surface area contributed by atoms with E-state index in [-0.39, 0.29) is 36.0 Å². The maximum absolute atomic E-state index is 13.9. The molecule has 0 bridgehead atoms. The molecular weight excluding hydrogens is 879 g/mol. The van der Waals surface area contributed by atoms with E-state index in [1.807, 2.05) is 0 Å². The third kappa shape index (κ3) is 19.0. The highest BCUT2D eigenvalue weighted by molar-refractivity contribution is 8.76. The van der Waals surface area contributed by atoms with Crippen molar-refractivity contribution in [1.82, 2.24) is 42.5 Å². The molecule has 1 aliphatic heterocycles. The van der Waals surface area contributed by atoms with Crippen molar-refractivity contribution in [2.45, 2.75) is 109 Å². The van der Waals surface area contributed by atoms with E-state index in [4.69, 9.17) is 17.2 Å². The van der Waals surface area contributed by atoms with E-state index >= 15 is 0 Å². The van der Waals surface area contributed by atoms with Crippen molar-refractivity contribution < 1.29 is 58.2 Å². The van der Waals surface area contributed by atoms with Crippen LogP contribution in [-0.4, -0.2) is 142 Å². The zero-order chi connectivity index (χ0) is 48.3. The Labute approximate surface area is 378 Å². The molecule has 0 aromatic heterocycles. The molecule has 23 nitrogen and oxygen atoms in total. The summed E-state index contributed by atoms with van der Waals surface area (Å²) in [6.07, 6.45) is -2.01. The molecule has 0 aliphatic carbocycles. The Morgan fingerprint density at radius 1 is 0.750 bits per heavy atom. The van der Waals surface area contributed by atoms with Crippen molar-refractivity contribution in [3.8, 4) is 5.75 Å². The quantitative estimate of drug-likeness (QED) is 0.0697. The fraction of sp³-hybridized carbons (Fsp3) is 0.590. The highest BCUT2D eigenvalue weighted by Gasteiger charge is 2.37. The lowest BCUT2D eigenvalue weighted by Gasteiger charge is -2.30. The fourth-order valence-electron chi connectivity index (χ4n) is 5.94. The number of amides is 10. The van der Waals surface area contributed by atoms with Crippen molar-refractivity contribution in [2.24, 2.45) is 29.0 Å². The maximum atomic E-state index is 13.9. The second kappa shape index (κ2) is 26.8. The Kier molecular flexibility index (Phi) is 22.8. The van der Waals surface area contributed by atoms with Gasteiger partial charge in [-0.05, 0) is 42.9 Å². The number of aromatic hydroxyl groups is 1. The number of hydrogen-bond acceptors (Lipinski definition) is 15. The molecule has 0 saturated carbocycles. The Balaban J connectivity index is 2.50.